The van der Waals surface area contributed by atoms with Crippen molar-refractivity contribution in [1.29, 1.82) is 0 Å². The fourth-order valence-electron chi connectivity index (χ4n) is 1.67. The van der Waals surface area contributed by atoms with Gasteiger partial charge in [-0.15, -0.1) is 0 Å². The monoisotopic (exact) mass is 314 g/mol. The van der Waals surface area contributed by atoms with Gasteiger partial charge in [0.25, 0.3) is 0 Å². The summed E-state index contributed by atoms with van der Waals surface area (Å²) in [5.41, 5.74) is 3.62. The number of carbonyl (C=O) groups excluding carboxylic acids is 2. The normalized spacial score (nSPS) is 10.5. The van der Waals surface area contributed by atoms with Gasteiger partial charge in [0, 0.05) is 30.9 Å². The second kappa shape index (κ2) is 8.38. The Morgan fingerprint density at radius 1 is 1.04 bits per heavy atom. The minimum atomic E-state index is -0.380. The molecule has 2 aromatic rings. The highest BCUT2D eigenvalue weighted by molar-refractivity contribution is 5.93. The first-order valence-corrected chi connectivity index (χ1v) is 6.91. The van der Waals surface area contributed by atoms with Gasteiger partial charge in [0.2, 0.25) is 11.8 Å². The minimum Gasteiger partial charge on any atom is -0.326 e. The zero-order valence-electron chi connectivity index (χ0n) is 12.2. The molecule has 0 atom stereocenters. The molecule has 6 nitrogen and oxygen atoms in total. The summed E-state index contributed by atoms with van der Waals surface area (Å²) >= 11 is 0. The maximum atomic E-state index is 12.7. The molecule has 0 unspecified atom stereocenters. The highest BCUT2D eigenvalue weighted by Gasteiger charge is 2.06. The number of nitrogens with one attached hydrogen (secondary N) is 2. The molecule has 0 aliphatic carbocycles. The van der Waals surface area contributed by atoms with Crippen LogP contribution in [0.1, 0.15) is 18.4 Å². The Bertz CT molecular complexity index is 687. The smallest absolute Gasteiger partial charge is 0.240 e. The van der Waals surface area contributed by atoms with Gasteiger partial charge < -0.3 is 5.32 Å². The van der Waals surface area contributed by atoms with Crippen molar-refractivity contribution in [3.8, 4) is 0 Å². The van der Waals surface area contributed by atoms with E-state index in [1.165, 1.54) is 30.5 Å². The number of hydrazone groups is 1. The molecule has 0 fully saturated rings. The molecule has 23 heavy (non-hydrogen) atoms. The molecule has 7 heteroatoms. The van der Waals surface area contributed by atoms with Crippen molar-refractivity contribution >= 4 is 23.7 Å². The molecule has 0 aliphatic rings. The number of hydrogen-bond donors (Lipinski definition) is 2. The minimum absolute atomic E-state index is 0.000708. The zero-order valence-corrected chi connectivity index (χ0v) is 12.2. The van der Waals surface area contributed by atoms with Crippen LogP contribution in [0, 0.1) is 5.82 Å². The highest BCUT2D eigenvalue weighted by Crippen LogP contribution is 2.08. The standard InChI is InChI=1S/C16H15FN4O2/c17-13-1-3-14(4-2-13)20-15(22)5-6-16(23)21-19-11-12-7-9-18-10-8-12/h1-4,7-11H,5-6H2,(H,20,22)(H,21,23). The Hall–Kier alpha value is -3.09. The van der Waals surface area contributed by atoms with Crippen LogP contribution in [0.4, 0.5) is 10.1 Å². The molecule has 118 valence electrons. The molecule has 0 spiro atoms. The summed E-state index contributed by atoms with van der Waals surface area (Å²) in [6, 6.07) is 8.88. The van der Waals surface area contributed by atoms with Crippen LogP contribution < -0.4 is 10.7 Å². The average Bonchev–Trinajstić information content (AvgIpc) is 2.56. The summed E-state index contributed by atoms with van der Waals surface area (Å²) < 4.78 is 12.7. The first-order valence-electron chi connectivity index (χ1n) is 6.91. The molecular formula is C16H15FN4O2. The molecular weight excluding hydrogens is 299 g/mol. The van der Waals surface area contributed by atoms with E-state index in [1.54, 1.807) is 24.5 Å². The van der Waals surface area contributed by atoms with Gasteiger partial charge in [-0.25, -0.2) is 9.82 Å². The van der Waals surface area contributed by atoms with Crippen LogP contribution in [-0.4, -0.2) is 23.0 Å². The molecule has 0 radical (unpaired) electrons. The number of carbonyl (C=O) groups is 2. The lowest BCUT2D eigenvalue weighted by molar-refractivity contribution is -0.124. The number of aromatic nitrogens is 1. The van der Waals surface area contributed by atoms with Crippen LogP contribution in [-0.2, 0) is 9.59 Å². The van der Waals surface area contributed by atoms with E-state index in [0.717, 1.165) is 5.56 Å². The van der Waals surface area contributed by atoms with Gasteiger partial charge in [-0.05, 0) is 42.0 Å². The van der Waals surface area contributed by atoms with Gasteiger partial charge in [-0.2, -0.15) is 5.10 Å². The van der Waals surface area contributed by atoms with Crippen LogP contribution in [0.2, 0.25) is 0 Å². The van der Waals surface area contributed by atoms with Crippen molar-refractivity contribution in [2.75, 3.05) is 5.32 Å². The van der Waals surface area contributed by atoms with E-state index < -0.39 is 0 Å². The largest absolute Gasteiger partial charge is 0.326 e. The van der Waals surface area contributed by atoms with Crippen molar-refractivity contribution in [2.45, 2.75) is 12.8 Å². The van der Waals surface area contributed by atoms with Crippen LogP contribution >= 0.6 is 0 Å². The van der Waals surface area contributed by atoms with E-state index in [4.69, 9.17) is 0 Å². The van der Waals surface area contributed by atoms with Crippen molar-refractivity contribution in [2.24, 2.45) is 5.10 Å². The van der Waals surface area contributed by atoms with Gasteiger partial charge >= 0.3 is 0 Å². The second-order valence-electron chi connectivity index (χ2n) is 4.63. The third-order valence-electron chi connectivity index (χ3n) is 2.82. The SMILES string of the molecule is O=C(CCC(=O)Nc1ccc(F)cc1)NN=Cc1ccncc1. The number of amides is 2. The number of nitrogens with zero attached hydrogens (tertiary/aromatic N) is 2. The fourth-order valence-corrected chi connectivity index (χ4v) is 1.67. The molecule has 2 rings (SSSR count). The Morgan fingerprint density at radius 3 is 2.39 bits per heavy atom. The number of halogens is 1. The van der Waals surface area contributed by atoms with Crippen molar-refractivity contribution < 1.29 is 14.0 Å². The summed E-state index contributed by atoms with van der Waals surface area (Å²) in [7, 11) is 0. The van der Waals surface area contributed by atoms with Crippen LogP contribution in [0.15, 0.2) is 53.9 Å². The number of benzene rings is 1. The van der Waals surface area contributed by atoms with E-state index >= 15 is 0 Å². The second-order valence-corrected chi connectivity index (χ2v) is 4.63. The van der Waals surface area contributed by atoms with Crippen molar-refractivity contribution in [3.63, 3.8) is 0 Å². The third-order valence-corrected chi connectivity index (χ3v) is 2.82. The quantitative estimate of drug-likeness (QED) is 0.632. The summed E-state index contributed by atoms with van der Waals surface area (Å²) in [4.78, 5) is 27.1. The molecule has 0 bridgehead atoms. The van der Waals surface area contributed by atoms with Gasteiger partial charge in [-0.3, -0.25) is 14.6 Å². The maximum Gasteiger partial charge on any atom is 0.240 e. The van der Waals surface area contributed by atoms with Gasteiger partial charge in [0.1, 0.15) is 5.82 Å². The molecule has 2 amide bonds. The van der Waals surface area contributed by atoms with Gasteiger partial charge in [0.15, 0.2) is 0 Å². The molecule has 1 aromatic carbocycles. The Balaban J connectivity index is 1.70. The molecule has 0 saturated heterocycles. The topological polar surface area (TPSA) is 83.5 Å². The van der Waals surface area contributed by atoms with E-state index in [9.17, 15) is 14.0 Å². The summed E-state index contributed by atoms with van der Waals surface area (Å²) in [6.45, 7) is 0. The van der Waals surface area contributed by atoms with Crippen molar-refractivity contribution in [3.05, 3.63) is 60.2 Å². The van der Waals surface area contributed by atoms with Crippen LogP contribution in [0.5, 0.6) is 0 Å². The van der Waals surface area contributed by atoms with E-state index in [1.807, 2.05) is 0 Å². The molecule has 1 aromatic heterocycles. The van der Waals surface area contributed by atoms with Crippen LogP contribution in [0.25, 0.3) is 0 Å². The lowest BCUT2D eigenvalue weighted by atomic mass is 10.2. The molecule has 1 heterocycles. The molecule has 0 saturated carbocycles. The Labute approximate surface area is 132 Å². The van der Waals surface area contributed by atoms with Gasteiger partial charge in [0.05, 0.1) is 6.21 Å². The molecule has 0 aliphatic heterocycles. The predicted molar refractivity (Wildman–Crippen MR) is 84.2 cm³/mol. The third kappa shape index (κ3) is 6.04. The maximum absolute atomic E-state index is 12.7. The highest BCUT2D eigenvalue weighted by atomic mass is 19.1. The number of hydrogen-bond acceptors (Lipinski definition) is 4. The number of pyridine rings is 1. The first-order chi connectivity index (χ1) is 11.1. The molecule has 2 N–H and O–H groups in total. The number of rotatable bonds is 6. The number of anilines is 1. The van der Waals surface area contributed by atoms with Crippen molar-refractivity contribution in [1.82, 2.24) is 10.4 Å². The Kier molecular flexibility index (Phi) is 5.93. The van der Waals surface area contributed by atoms with E-state index in [2.05, 4.69) is 20.8 Å². The first kappa shape index (κ1) is 16.3. The lowest BCUT2D eigenvalue weighted by Crippen LogP contribution is -2.20. The predicted octanol–water partition coefficient (Wildman–Crippen LogP) is 2.09. The van der Waals surface area contributed by atoms with E-state index in [0.29, 0.717) is 5.69 Å². The average molecular weight is 314 g/mol. The van der Waals surface area contributed by atoms with Crippen LogP contribution in [0.3, 0.4) is 0 Å². The fraction of sp³-hybridized carbons (Fsp3) is 0.125. The lowest BCUT2D eigenvalue weighted by Gasteiger charge is -2.04. The summed E-state index contributed by atoms with van der Waals surface area (Å²) in [6.07, 6.45) is 4.72. The van der Waals surface area contributed by atoms with Gasteiger partial charge in [-0.1, -0.05) is 0 Å². The summed E-state index contributed by atoms with van der Waals surface area (Å²) in [5, 5.41) is 6.36. The van der Waals surface area contributed by atoms with E-state index in [-0.39, 0.29) is 30.5 Å². The Morgan fingerprint density at radius 2 is 1.70 bits per heavy atom. The summed E-state index contributed by atoms with van der Waals surface area (Å²) in [5.74, 6) is -1.08. The zero-order chi connectivity index (χ0) is 16.5.